The van der Waals surface area contributed by atoms with Crippen LogP contribution >= 0.6 is 0 Å². The predicted octanol–water partition coefficient (Wildman–Crippen LogP) is 4.93. The maximum absolute atomic E-state index is 10.4. The summed E-state index contributed by atoms with van der Waals surface area (Å²) in [5.74, 6) is 1.49. The van der Waals surface area contributed by atoms with Crippen molar-refractivity contribution in [2.75, 3.05) is 19.8 Å². The highest BCUT2D eigenvalue weighted by atomic mass is 16.5. The summed E-state index contributed by atoms with van der Waals surface area (Å²) < 4.78 is 17.1. The highest BCUT2D eigenvalue weighted by molar-refractivity contribution is 5.58. The Bertz CT molecular complexity index is 418. The van der Waals surface area contributed by atoms with Gasteiger partial charge in [-0.3, -0.25) is 0 Å². The fourth-order valence-corrected chi connectivity index (χ4v) is 1.88. The lowest BCUT2D eigenvalue weighted by atomic mass is 10.2. The van der Waals surface area contributed by atoms with Crippen molar-refractivity contribution >= 4 is 0 Å². The molecule has 0 aliphatic heterocycles. The second-order valence-electron chi connectivity index (χ2n) is 5.35. The molecule has 0 fully saturated rings. The molecule has 0 amide bonds. The molecule has 1 N–H and O–H groups in total. The molecular formula is C18H30O4. The topological polar surface area (TPSA) is 47.9 Å². The minimum Gasteiger partial charge on any atom is -0.502 e. The highest BCUT2D eigenvalue weighted by Gasteiger charge is 2.16. The molecule has 22 heavy (non-hydrogen) atoms. The Kier molecular flexibility index (Phi) is 9.28. The van der Waals surface area contributed by atoms with Crippen molar-refractivity contribution < 1.29 is 19.3 Å². The summed E-state index contributed by atoms with van der Waals surface area (Å²) >= 11 is 0. The molecule has 1 rings (SSSR count). The maximum Gasteiger partial charge on any atom is 0.207 e. The van der Waals surface area contributed by atoms with Crippen LogP contribution in [0, 0.1) is 0 Å². The van der Waals surface area contributed by atoms with Gasteiger partial charge < -0.3 is 19.3 Å². The third-order valence-electron chi connectivity index (χ3n) is 3.31. The van der Waals surface area contributed by atoms with Gasteiger partial charge in [-0.25, -0.2) is 0 Å². The number of unbranched alkanes of at least 4 members (excludes halogenated alkanes) is 3. The molecule has 0 unspecified atom stereocenters. The fraction of sp³-hybridized carbons (Fsp3) is 0.667. The van der Waals surface area contributed by atoms with Crippen LogP contribution in [0.15, 0.2) is 12.1 Å². The molecule has 0 aromatic heterocycles. The Morgan fingerprint density at radius 3 is 1.73 bits per heavy atom. The third-order valence-corrected chi connectivity index (χ3v) is 3.31. The largest absolute Gasteiger partial charge is 0.502 e. The van der Waals surface area contributed by atoms with E-state index < -0.39 is 0 Å². The third kappa shape index (κ3) is 6.04. The minimum absolute atomic E-state index is 0.0428. The number of phenols is 1. The fourth-order valence-electron chi connectivity index (χ4n) is 1.88. The summed E-state index contributed by atoms with van der Waals surface area (Å²) in [5.41, 5.74) is 0. The molecule has 0 heterocycles. The van der Waals surface area contributed by atoms with Crippen LogP contribution in [0.25, 0.3) is 0 Å². The molecule has 1 aromatic rings. The zero-order chi connectivity index (χ0) is 16.2. The van der Waals surface area contributed by atoms with E-state index in [0.29, 0.717) is 37.1 Å². The van der Waals surface area contributed by atoms with Gasteiger partial charge in [0.25, 0.3) is 0 Å². The van der Waals surface area contributed by atoms with Crippen molar-refractivity contribution in [3.8, 4) is 23.0 Å². The predicted molar refractivity (Wildman–Crippen MR) is 89.3 cm³/mol. The zero-order valence-electron chi connectivity index (χ0n) is 14.2. The van der Waals surface area contributed by atoms with Gasteiger partial charge in [0.05, 0.1) is 19.8 Å². The molecule has 0 spiro atoms. The number of benzene rings is 1. The van der Waals surface area contributed by atoms with Crippen LogP contribution < -0.4 is 14.2 Å². The molecule has 0 saturated carbocycles. The van der Waals surface area contributed by atoms with Crippen molar-refractivity contribution in [1.82, 2.24) is 0 Å². The maximum atomic E-state index is 10.4. The Morgan fingerprint density at radius 1 is 0.727 bits per heavy atom. The van der Waals surface area contributed by atoms with Crippen LogP contribution in [0.1, 0.15) is 59.3 Å². The van der Waals surface area contributed by atoms with Gasteiger partial charge in [0.15, 0.2) is 11.5 Å². The SMILES string of the molecule is CCCCOc1ccc(OCCCC)c(OCCCC)c1O. The highest BCUT2D eigenvalue weighted by Crippen LogP contribution is 2.43. The first-order valence-electron chi connectivity index (χ1n) is 8.48. The molecule has 4 heteroatoms. The lowest BCUT2D eigenvalue weighted by Crippen LogP contribution is -2.04. The quantitative estimate of drug-likeness (QED) is 0.556. The smallest absolute Gasteiger partial charge is 0.207 e. The van der Waals surface area contributed by atoms with Gasteiger partial charge in [0.2, 0.25) is 11.5 Å². The van der Waals surface area contributed by atoms with E-state index >= 15 is 0 Å². The lowest BCUT2D eigenvalue weighted by Gasteiger charge is -2.16. The van der Waals surface area contributed by atoms with E-state index in [-0.39, 0.29) is 5.75 Å². The van der Waals surface area contributed by atoms with Crippen LogP contribution in [0.5, 0.6) is 23.0 Å². The van der Waals surface area contributed by atoms with Crippen molar-refractivity contribution in [1.29, 1.82) is 0 Å². The van der Waals surface area contributed by atoms with Gasteiger partial charge in [-0.15, -0.1) is 0 Å². The van der Waals surface area contributed by atoms with Gasteiger partial charge in [-0.05, 0) is 31.4 Å². The van der Waals surface area contributed by atoms with Crippen LogP contribution in [-0.4, -0.2) is 24.9 Å². The van der Waals surface area contributed by atoms with Crippen molar-refractivity contribution in [2.45, 2.75) is 59.3 Å². The van der Waals surface area contributed by atoms with E-state index in [4.69, 9.17) is 14.2 Å². The summed E-state index contributed by atoms with van der Waals surface area (Å²) in [6, 6.07) is 3.57. The van der Waals surface area contributed by atoms with Crippen LogP contribution in [-0.2, 0) is 0 Å². The number of hydrogen-bond donors (Lipinski definition) is 1. The standard InChI is InChI=1S/C18H30O4/c1-4-7-12-20-15-10-11-16(21-13-8-5-2)18(17(15)19)22-14-9-6-3/h10-11,19H,4-9,12-14H2,1-3H3. The zero-order valence-corrected chi connectivity index (χ0v) is 14.2. The van der Waals surface area contributed by atoms with E-state index in [0.717, 1.165) is 38.5 Å². The summed E-state index contributed by atoms with van der Waals surface area (Å²) in [7, 11) is 0. The average molecular weight is 310 g/mol. The molecule has 0 bridgehead atoms. The summed E-state index contributed by atoms with van der Waals surface area (Å²) in [5, 5.41) is 10.4. The molecule has 126 valence electrons. The van der Waals surface area contributed by atoms with Gasteiger partial charge in [-0.2, -0.15) is 0 Å². The summed E-state index contributed by atoms with van der Waals surface area (Å²) in [6.07, 6.45) is 6.04. The number of rotatable bonds is 12. The Balaban J connectivity index is 2.82. The number of phenolic OH excluding ortho intramolecular Hbond substituents is 1. The van der Waals surface area contributed by atoms with E-state index in [9.17, 15) is 5.11 Å². The van der Waals surface area contributed by atoms with Crippen LogP contribution in [0.4, 0.5) is 0 Å². The molecule has 0 radical (unpaired) electrons. The van der Waals surface area contributed by atoms with Crippen molar-refractivity contribution in [3.05, 3.63) is 12.1 Å². The summed E-state index contributed by atoms with van der Waals surface area (Å²) in [4.78, 5) is 0. The molecule has 0 saturated heterocycles. The Labute approximate surface area is 134 Å². The van der Waals surface area contributed by atoms with E-state index in [1.165, 1.54) is 0 Å². The van der Waals surface area contributed by atoms with Gasteiger partial charge in [0, 0.05) is 0 Å². The molecule has 1 aromatic carbocycles. The monoisotopic (exact) mass is 310 g/mol. The normalized spacial score (nSPS) is 10.5. The number of aromatic hydroxyl groups is 1. The van der Waals surface area contributed by atoms with Crippen molar-refractivity contribution in [3.63, 3.8) is 0 Å². The lowest BCUT2D eigenvalue weighted by molar-refractivity contribution is 0.241. The molecule has 0 atom stereocenters. The second kappa shape index (κ2) is 11.0. The van der Waals surface area contributed by atoms with Crippen LogP contribution in [0.2, 0.25) is 0 Å². The van der Waals surface area contributed by atoms with Gasteiger partial charge in [-0.1, -0.05) is 40.0 Å². The number of ether oxygens (including phenoxy) is 3. The van der Waals surface area contributed by atoms with Crippen LogP contribution in [0.3, 0.4) is 0 Å². The second-order valence-corrected chi connectivity index (χ2v) is 5.35. The minimum atomic E-state index is 0.0428. The molecule has 0 aliphatic rings. The van der Waals surface area contributed by atoms with E-state index in [1.807, 2.05) is 6.07 Å². The number of hydrogen-bond acceptors (Lipinski definition) is 4. The first-order valence-corrected chi connectivity index (χ1v) is 8.48. The Morgan fingerprint density at radius 2 is 1.18 bits per heavy atom. The van der Waals surface area contributed by atoms with Gasteiger partial charge in [0.1, 0.15) is 0 Å². The Hall–Kier alpha value is -1.58. The first kappa shape index (κ1) is 18.5. The summed E-state index contributed by atoms with van der Waals surface area (Å²) in [6.45, 7) is 8.10. The van der Waals surface area contributed by atoms with E-state index in [1.54, 1.807) is 6.07 Å². The van der Waals surface area contributed by atoms with Gasteiger partial charge >= 0.3 is 0 Å². The molecule has 4 nitrogen and oxygen atoms in total. The van der Waals surface area contributed by atoms with Crippen molar-refractivity contribution in [2.24, 2.45) is 0 Å². The molecular weight excluding hydrogens is 280 g/mol. The average Bonchev–Trinajstić information content (AvgIpc) is 2.52. The molecule has 0 aliphatic carbocycles. The van der Waals surface area contributed by atoms with E-state index in [2.05, 4.69) is 20.8 Å². The first-order chi connectivity index (χ1) is 10.7.